The van der Waals surface area contributed by atoms with Crippen LogP contribution in [-0.2, 0) is 16.0 Å². The Morgan fingerprint density at radius 1 is 1.35 bits per heavy atom. The maximum absolute atomic E-state index is 12.2. The van der Waals surface area contributed by atoms with Crippen LogP contribution in [0.2, 0.25) is 0 Å². The average molecular weight is 388 g/mol. The van der Waals surface area contributed by atoms with E-state index in [4.69, 9.17) is 9.47 Å². The van der Waals surface area contributed by atoms with Crippen LogP contribution in [0.25, 0.3) is 0 Å². The third-order valence-electron chi connectivity index (χ3n) is 2.87. The van der Waals surface area contributed by atoms with Gasteiger partial charge >= 0.3 is 6.09 Å². The second kappa shape index (κ2) is 9.85. The van der Waals surface area contributed by atoms with Gasteiger partial charge in [0.2, 0.25) is 0 Å². The zero-order valence-electron chi connectivity index (χ0n) is 14.3. The van der Waals surface area contributed by atoms with Gasteiger partial charge in [-0.1, -0.05) is 0 Å². The minimum Gasteiger partial charge on any atom is -0.444 e. The molecule has 1 aromatic rings. The summed E-state index contributed by atoms with van der Waals surface area (Å²) in [5, 5.41) is 3.30. The summed E-state index contributed by atoms with van der Waals surface area (Å²) in [6, 6.07) is 2.01. The summed E-state index contributed by atoms with van der Waals surface area (Å²) in [6.07, 6.45) is 3.24. The molecule has 0 fully saturated rings. The van der Waals surface area contributed by atoms with E-state index >= 15 is 0 Å². The summed E-state index contributed by atoms with van der Waals surface area (Å²) < 4.78 is 11.4. The number of rotatable bonds is 8. The van der Waals surface area contributed by atoms with Crippen LogP contribution in [0.5, 0.6) is 0 Å². The SMILES string of the molecule is COCCN(CCNCc1cncc(Br)c1)C(=O)OC(C)(C)C. The van der Waals surface area contributed by atoms with Crippen LogP contribution in [-0.4, -0.2) is 54.9 Å². The highest BCUT2D eigenvalue weighted by atomic mass is 79.9. The van der Waals surface area contributed by atoms with E-state index in [-0.39, 0.29) is 6.09 Å². The molecule has 1 N–H and O–H groups in total. The van der Waals surface area contributed by atoms with E-state index in [2.05, 4.69) is 26.2 Å². The van der Waals surface area contributed by atoms with Crippen molar-refractivity contribution < 1.29 is 14.3 Å². The molecule has 1 heterocycles. The Hall–Kier alpha value is -1.18. The Kier molecular flexibility index (Phi) is 8.51. The molecule has 0 atom stereocenters. The van der Waals surface area contributed by atoms with Crippen molar-refractivity contribution in [3.8, 4) is 0 Å². The molecule has 0 saturated heterocycles. The van der Waals surface area contributed by atoms with Crippen molar-refractivity contribution in [2.24, 2.45) is 0 Å². The van der Waals surface area contributed by atoms with Gasteiger partial charge < -0.3 is 19.7 Å². The van der Waals surface area contributed by atoms with Crippen molar-refractivity contribution in [1.82, 2.24) is 15.2 Å². The predicted molar refractivity (Wildman–Crippen MR) is 93.3 cm³/mol. The van der Waals surface area contributed by atoms with Crippen LogP contribution in [0.15, 0.2) is 22.9 Å². The molecule has 0 bridgehead atoms. The van der Waals surface area contributed by atoms with Gasteiger partial charge in [-0.15, -0.1) is 0 Å². The van der Waals surface area contributed by atoms with Crippen LogP contribution in [0.1, 0.15) is 26.3 Å². The largest absolute Gasteiger partial charge is 0.444 e. The Morgan fingerprint density at radius 3 is 2.70 bits per heavy atom. The number of ether oxygens (including phenoxy) is 2. The maximum atomic E-state index is 12.2. The van der Waals surface area contributed by atoms with E-state index in [1.54, 1.807) is 18.2 Å². The van der Waals surface area contributed by atoms with Crippen molar-refractivity contribution in [2.75, 3.05) is 33.4 Å². The van der Waals surface area contributed by atoms with Gasteiger partial charge in [-0.05, 0) is 48.3 Å². The van der Waals surface area contributed by atoms with E-state index in [9.17, 15) is 4.79 Å². The second-order valence-electron chi connectivity index (χ2n) is 6.15. The van der Waals surface area contributed by atoms with Crippen LogP contribution in [0, 0.1) is 0 Å². The molecule has 23 heavy (non-hydrogen) atoms. The summed E-state index contributed by atoms with van der Waals surface area (Å²) in [4.78, 5) is 18.0. The third kappa shape index (κ3) is 8.88. The number of hydrogen-bond donors (Lipinski definition) is 1. The standard InChI is InChI=1S/C16H26BrN3O3/c1-16(2,3)23-15(21)20(7-8-22-4)6-5-18-10-13-9-14(17)12-19-11-13/h9,11-12,18H,5-8,10H2,1-4H3. The molecule has 0 aromatic carbocycles. The minimum absolute atomic E-state index is 0.319. The number of aromatic nitrogens is 1. The molecular formula is C16H26BrN3O3. The Bertz CT molecular complexity index is 492. The van der Waals surface area contributed by atoms with Crippen LogP contribution in [0.3, 0.4) is 0 Å². The molecule has 1 rings (SSSR count). The molecule has 0 aliphatic carbocycles. The fraction of sp³-hybridized carbons (Fsp3) is 0.625. The first-order valence-corrected chi connectivity index (χ1v) is 8.38. The summed E-state index contributed by atoms with van der Waals surface area (Å²) in [7, 11) is 1.62. The number of nitrogens with zero attached hydrogens (tertiary/aromatic N) is 2. The predicted octanol–water partition coefficient (Wildman–Crippen LogP) is 2.82. The van der Waals surface area contributed by atoms with Crippen molar-refractivity contribution >= 4 is 22.0 Å². The summed E-state index contributed by atoms with van der Waals surface area (Å²) in [5.41, 5.74) is 0.581. The smallest absolute Gasteiger partial charge is 0.410 e. The van der Waals surface area contributed by atoms with Gasteiger partial charge in [-0.25, -0.2) is 4.79 Å². The van der Waals surface area contributed by atoms with E-state index in [1.165, 1.54) is 0 Å². The number of carbonyl (C=O) groups excluding carboxylic acids is 1. The topological polar surface area (TPSA) is 63.7 Å². The third-order valence-corrected chi connectivity index (χ3v) is 3.30. The van der Waals surface area contributed by atoms with Gasteiger partial charge in [0.1, 0.15) is 5.60 Å². The molecular weight excluding hydrogens is 362 g/mol. The van der Waals surface area contributed by atoms with Gasteiger partial charge in [-0.2, -0.15) is 0 Å². The molecule has 0 saturated carbocycles. The van der Waals surface area contributed by atoms with Crippen molar-refractivity contribution in [3.63, 3.8) is 0 Å². The first-order chi connectivity index (χ1) is 10.8. The van der Waals surface area contributed by atoms with Gasteiger partial charge in [0.25, 0.3) is 0 Å². The number of pyridine rings is 1. The van der Waals surface area contributed by atoms with E-state index in [0.29, 0.717) is 32.8 Å². The zero-order valence-corrected chi connectivity index (χ0v) is 15.9. The van der Waals surface area contributed by atoms with Crippen molar-refractivity contribution in [1.29, 1.82) is 0 Å². The highest BCUT2D eigenvalue weighted by Gasteiger charge is 2.21. The minimum atomic E-state index is -0.502. The maximum Gasteiger partial charge on any atom is 0.410 e. The van der Waals surface area contributed by atoms with Crippen molar-refractivity contribution in [2.45, 2.75) is 32.9 Å². The highest BCUT2D eigenvalue weighted by molar-refractivity contribution is 9.10. The molecule has 0 unspecified atom stereocenters. The molecule has 0 aliphatic rings. The van der Waals surface area contributed by atoms with Gasteiger partial charge in [0.15, 0.2) is 0 Å². The molecule has 1 aromatic heterocycles. The number of halogens is 1. The van der Waals surface area contributed by atoms with Gasteiger partial charge in [0.05, 0.1) is 6.61 Å². The number of amides is 1. The monoisotopic (exact) mass is 387 g/mol. The molecule has 130 valence electrons. The lowest BCUT2D eigenvalue weighted by molar-refractivity contribution is 0.0204. The number of methoxy groups -OCH3 is 1. The molecule has 6 nitrogen and oxygen atoms in total. The lowest BCUT2D eigenvalue weighted by Crippen LogP contribution is -2.42. The zero-order chi connectivity index (χ0) is 17.3. The molecule has 0 radical (unpaired) electrons. The normalized spacial score (nSPS) is 11.3. The highest BCUT2D eigenvalue weighted by Crippen LogP contribution is 2.10. The van der Waals surface area contributed by atoms with Crippen LogP contribution >= 0.6 is 15.9 Å². The van der Waals surface area contributed by atoms with Gasteiger partial charge in [-0.3, -0.25) is 4.98 Å². The summed E-state index contributed by atoms with van der Waals surface area (Å²) in [5.74, 6) is 0. The molecule has 1 amide bonds. The quantitative estimate of drug-likeness (QED) is 0.694. The fourth-order valence-corrected chi connectivity index (χ4v) is 2.23. The molecule has 0 aliphatic heterocycles. The van der Waals surface area contributed by atoms with Crippen molar-refractivity contribution in [3.05, 3.63) is 28.5 Å². The summed E-state index contributed by atoms with van der Waals surface area (Å²) in [6.45, 7) is 8.47. The Balaban J connectivity index is 2.42. The molecule has 0 spiro atoms. The Labute approximate surface area is 146 Å². The lowest BCUT2D eigenvalue weighted by Gasteiger charge is -2.27. The van der Waals surface area contributed by atoms with Crippen LogP contribution < -0.4 is 5.32 Å². The Morgan fingerprint density at radius 2 is 2.09 bits per heavy atom. The van der Waals surface area contributed by atoms with E-state index in [1.807, 2.05) is 33.0 Å². The number of hydrogen-bond acceptors (Lipinski definition) is 5. The van der Waals surface area contributed by atoms with Gasteiger partial charge in [0, 0.05) is 50.2 Å². The lowest BCUT2D eigenvalue weighted by atomic mass is 10.2. The molecule has 7 heteroatoms. The average Bonchev–Trinajstić information content (AvgIpc) is 2.44. The first kappa shape index (κ1) is 19.9. The first-order valence-electron chi connectivity index (χ1n) is 7.59. The number of carbonyl (C=O) groups is 1. The van der Waals surface area contributed by atoms with Crippen LogP contribution in [0.4, 0.5) is 4.79 Å². The van der Waals surface area contributed by atoms with E-state index < -0.39 is 5.60 Å². The fourth-order valence-electron chi connectivity index (χ4n) is 1.82. The second-order valence-corrected chi connectivity index (χ2v) is 7.06. The number of nitrogens with one attached hydrogen (secondary N) is 1. The summed E-state index contributed by atoms with van der Waals surface area (Å²) >= 11 is 3.40. The van der Waals surface area contributed by atoms with E-state index in [0.717, 1.165) is 10.0 Å².